The van der Waals surface area contributed by atoms with Crippen molar-refractivity contribution in [1.82, 2.24) is 0 Å². The van der Waals surface area contributed by atoms with Gasteiger partial charge in [-0.2, -0.15) is 0 Å². The van der Waals surface area contributed by atoms with Crippen LogP contribution in [0.1, 0.15) is 0 Å². The molecule has 10 aromatic rings. The fraction of sp³-hybridized carbons (Fsp3) is 0. The molecule has 0 aliphatic heterocycles. The van der Waals surface area contributed by atoms with Crippen molar-refractivity contribution in [2.24, 2.45) is 0 Å². The molecule has 1 heterocycles. The summed E-state index contributed by atoms with van der Waals surface area (Å²) >= 11 is 1.89. The zero-order valence-corrected chi connectivity index (χ0v) is 25.2. The van der Waals surface area contributed by atoms with Crippen LogP contribution in [-0.4, -0.2) is 0 Å². The fourth-order valence-electron chi connectivity index (χ4n) is 7.45. The monoisotopic (exact) mass is 586 g/mol. The Morgan fingerprint density at radius 3 is 1.69 bits per heavy atom. The molecule has 1 heteroatoms. The van der Waals surface area contributed by atoms with Crippen molar-refractivity contribution in [2.45, 2.75) is 0 Å². The fourth-order valence-corrected chi connectivity index (χ4v) is 8.64. The van der Waals surface area contributed by atoms with Crippen LogP contribution in [0.15, 0.2) is 158 Å². The molecule has 0 amide bonds. The minimum absolute atomic E-state index is 1.24. The van der Waals surface area contributed by atoms with Crippen LogP contribution in [0, 0.1) is 0 Å². The molecule has 0 atom stereocenters. The summed E-state index contributed by atoms with van der Waals surface area (Å²) < 4.78 is 2.65. The molecule has 0 fully saturated rings. The van der Waals surface area contributed by atoms with Crippen LogP contribution in [0.4, 0.5) is 0 Å². The van der Waals surface area contributed by atoms with E-state index in [9.17, 15) is 0 Å². The maximum atomic E-state index is 2.38. The zero-order valence-electron chi connectivity index (χ0n) is 24.4. The quantitative estimate of drug-likeness (QED) is 0.181. The Labute approximate surface area is 264 Å². The van der Waals surface area contributed by atoms with Gasteiger partial charge in [0.05, 0.1) is 0 Å². The van der Waals surface area contributed by atoms with Gasteiger partial charge in [0.2, 0.25) is 0 Å². The molecule has 9 aromatic carbocycles. The van der Waals surface area contributed by atoms with Gasteiger partial charge in [0.25, 0.3) is 0 Å². The van der Waals surface area contributed by atoms with Crippen LogP contribution in [0.25, 0.3) is 96.6 Å². The van der Waals surface area contributed by atoms with Gasteiger partial charge < -0.3 is 0 Å². The molecular formula is C44H26S. The Kier molecular flexibility index (Phi) is 5.25. The first-order valence-electron chi connectivity index (χ1n) is 15.5. The average Bonchev–Trinajstić information content (AvgIpc) is 3.47. The second kappa shape index (κ2) is 9.50. The van der Waals surface area contributed by atoms with E-state index >= 15 is 0 Å². The first-order valence-corrected chi connectivity index (χ1v) is 16.3. The largest absolute Gasteiger partial charge is 0.135 e. The van der Waals surface area contributed by atoms with E-state index in [-0.39, 0.29) is 0 Å². The molecular weight excluding hydrogens is 561 g/mol. The highest BCUT2D eigenvalue weighted by molar-refractivity contribution is 7.25. The molecule has 0 bridgehead atoms. The maximum Gasteiger partial charge on any atom is 0.0361 e. The summed E-state index contributed by atoms with van der Waals surface area (Å²) in [5.74, 6) is 0. The molecule has 0 aliphatic rings. The second-order valence-corrected chi connectivity index (χ2v) is 13.2. The van der Waals surface area contributed by atoms with E-state index in [1.165, 1.54) is 96.6 Å². The lowest BCUT2D eigenvalue weighted by molar-refractivity contribution is 1.63. The van der Waals surface area contributed by atoms with Crippen molar-refractivity contribution < 1.29 is 0 Å². The lowest BCUT2D eigenvalue weighted by Crippen LogP contribution is -1.87. The number of thiophene rings is 1. The van der Waals surface area contributed by atoms with Gasteiger partial charge in [-0.25, -0.2) is 0 Å². The first kappa shape index (κ1) is 24.9. The maximum absolute atomic E-state index is 2.38. The molecule has 1 aromatic heterocycles. The highest BCUT2D eigenvalue weighted by atomic mass is 32.1. The molecule has 0 spiro atoms. The van der Waals surface area contributed by atoms with Crippen molar-refractivity contribution in [2.75, 3.05) is 0 Å². The normalized spacial score (nSPS) is 12.0. The summed E-state index contributed by atoms with van der Waals surface area (Å²) in [6.45, 7) is 0. The van der Waals surface area contributed by atoms with Crippen LogP contribution >= 0.6 is 11.3 Å². The van der Waals surface area contributed by atoms with E-state index in [2.05, 4.69) is 158 Å². The van der Waals surface area contributed by atoms with Gasteiger partial charge in [-0.1, -0.05) is 140 Å². The summed E-state index contributed by atoms with van der Waals surface area (Å²) in [6, 6.07) is 58.5. The van der Waals surface area contributed by atoms with E-state index in [0.717, 1.165) is 0 Å². The molecule has 208 valence electrons. The Hall–Kier alpha value is -5.50. The number of hydrogen-bond donors (Lipinski definition) is 0. The van der Waals surface area contributed by atoms with Gasteiger partial charge in [0.1, 0.15) is 0 Å². The van der Waals surface area contributed by atoms with Crippen molar-refractivity contribution in [3.05, 3.63) is 158 Å². The highest BCUT2D eigenvalue weighted by Gasteiger charge is 2.14. The average molecular weight is 587 g/mol. The van der Waals surface area contributed by atoms with Crippen molar-refractivity contribution in [3.63, 3.8) is 0 Å². The predicted octanol–water partition coefficient (Wildman–Crippen LogP) is 13.1. The lowest BCUT2D eigenvalue weighted by atomic mass is 9.89. The van der Waals surface area contributed by atoms with Gasteiger partial charge in [-0.3, -0.25) is 0 Å². The Bertz CT molecular complexity index is 2740. The van der Waals surface area contributed by atoms with Crippen LogP contribution in [0.5, 0.6) is 0 Å². The number of fused-ring (bicyclic) bond motifs is 4. The third kappa shape index (κ3) is 3.78. The second-order valence-electron chi connectivity index (χ2n) is 12.1. The Morgan fingerprint density at radius 1 is 0.289 bits per heavy atom. The summed E-state index contributed by atoms with van der Waals surface area (Å²) in [4.78, 5) is 0. The summed E-state index contributed by atoms with van der Waals surface area (Å²) in [5, 5.41) is 13.2. The molecule has 0 saturated heterocycles. The Morgan fingerprint density at radius 2 is 0.822 bits per heavy atom. The molecule has 0 unspecified atom stereocenters. The van der Waals surface area contributed by atoms with Crippen LogP contribution in [0.3, 0.4) is 0 Å². The summed E-state index contributed by atoms with van der Waals surface area (Å²) in [7, 11) is 0. The molecule has 0 N–H and O–H groups in total. The number of rotatable bonds is 3. The first-order chi connectivity index (χ1) is 22.3. The van der Waals surface area contributed by atoms with Gasteiger partial charge in [-0.15, -0.1) is 11.3 Å². The third-order valence-electron chi connectivity index (χ3n) is 9.61. The van der Waals surface area contributed by atoms with E-state index in [1.54, 1.807) is 0 Å². The van der Waals surface area contributed by atoms with Crippen molar-refractivity contribution in [3.8, 4) is 33.4 Å². The number of benzene rings is 9. The van der Waals surface area contributed by atoms with Gasteiger partial charge in [0, 0.05) is 20.2 Å². The minimum Gasteiger partial charge on any atom is -0.135 e. The Balaban J connectivity index is 1.08. The molecule has 0 radical (unpaired) electrons. The SMILES string of the molecule is c1cc(-c2ccc3c(c2)sc2cc(-c4cccc5ccccc45)ccc23)cc(-c2ccc3ccc4cccc5ccc2c3c45)c1. The summed E-state index contributed by atoms with van der Waals surface area (Å²) in [5.41, 5.74) is 7.59. The molecule has 45 heavy (non-hydrogen) atoms. The van der Waals surface area contributed by atoms with E-state index in [1.807, 2.05) is 11.3 Å². The highest BCUT2D eigenvalue weighted by Crippen LogP contribution is 2.42. The molecule has 0 aliphatic carbocycles. The van der Waals surface area contributed by atoms with Gasteiger partial charge in [-0.05, 0) is 94.7 Å². The van der Waals surface area contributed by atoms with E-state index < -0.39 is 0 Å². The van der Waals surface area contributed by atoms with Gasteiger partial charge >= 0.3 is 0 Å². The predicted molar refractivity (Wildman–Crippen MR) is 197 cm³/mol. The lowest BCUT2D eigenvalue weighted by Gasteiger charge is -2.14. The molecule has 10 rings (SSSR count). The molecule has 0 nitrogen and oxygen atoms in total. The van der Waals surface area contributed by atoms with Gasteiger partial charge in [0.15, 0.2) is 0 Å². The molecule has 0 saturated carbocycles. The zero-order chi connectivity index (χ0) is 29.5. The van der Waals surface area contributed by atoms with Crippen LogP contribution in [0.2, 0.25) is 0 Å². The standard InChI is InChI=1S/C44H26S/c1-2-12-35-27(6-1)7-5-13-36(35)34-19-22-39-38-21-18-32(25-41(38)45-42(39)26-34)31-10-4-11-33(24-31)37-20-16-30-15-14-28-8-3-9-29-17-23-40(37)44(30)43(28)29/h1-26H. The third-order valence-corrected chi connectivity index (χ3v) is 10.7. The van der Waals surface area contributed by atoms with Crippen LogP contribution in [-0.2, 0) is 0 Å². The van der Waals surface area contributed by atoms with Crippen molar-refractivity contribution >= 4 is 74.6 Å². The van der Waals surface area contributed by atoms with Crippen molar-refractivity contribution in [1.29, 1.82) is 0 Å². The van der Waals surface area contributed by atoms with E-state index in [0.29, 0.717) is 0 Å². The number of hydrogen-bond acceptors (Lipinski definition) is 1. The summed E-state index contributed by atoms with van der Waals surface area (Å²) in [6.07, 6.45) is 0. The smallest absolute Gasteiger partial charge is 0.0361 e. The minimum atomic E-state index is 1.24. The topological polar surface area (TPSA) is 0 Å². The van der Waals surface area contributed by atoms with Crippen LogP contribution < -0.4 is 0 Å². The van der Waals surface area contributed by atoms with E-state index in [4.69, 9.17) is 0 Å².